The first-order chi connectivity index (χ1) is 12.7. The predicted octanol–water partition coefficient (Wildman–Crippen LogP) is 4.05. The lowest BCUT2D eigenvalue weighted by Crippen LogP contribution is -2.40. The summed E-state index contributed by atoms with van der Waals surface area (Å²) in [4.78, 5) is 14.9. The maximum absolute atomic E-state index is 12.5. The SMILES string of the molecule is COc1ccc(C(=O)CNCC(c2ccco2)N2CCCCC2)cc1Br. The van der Waals surface area contributed by atoms with Crippen LogP contribution in [0.4, 0.5) is 0 Å². The van der Waals surface area contributed by atoms with Crippen LogP contribution in [0.25, 0.3) is 0 Å². The Morgan fingerprint density at radius 2 is 2.12 bits per heavy atom. The van der Waals surface area contributed by atoms with Gasteiger partial charge in [0.15, 0.2) is 5.78 Å². The molecule has 2 heterocycles. The van der Waals surface area contributed by atoms with Gasteiger partial charge in [-0.1, -0.05) is 6.42 Å². The summed E-state index contributed by atoms with van der Waals surface area (Å²) >= 11 is 3.43. The average molecular weight is 421 g/mol. The number of ketones is 1. The van der Waals surface area contributed by atoms with Gasteiger partial charge in [0.2, 0.25) is 0 Å². The van der Waals surface area contributed by atoms with Crippen LogP contribution in [0.2, 0.25) is 0 Å². The molecule has 1 unspecified atom stereocenters. The van der Waals surface area contributed by atoms with E-state index < -0.39 is 0 Å². The van der Waals surface area contributed by atoms with Crippen LogP contribution in [0.15, 0.2) is 45.5 Å². The third-order valence-electron chi connectivity index (χ3n) is 4.80. The molecule has 0 amide bonds. The smallest absolute Gasteiger partial charge is 0.176 e. The second-order valence-corrected chi connectivity index (χ2v) is 7.39. The lowest BCUT2D eigenvalue weighted by atomic mass is 10.1. The van der Waals surface area contributed by atoms with E-state index in [1.165, 1.54) is 19.3 Å². The summed E-state index contributed by atoms with van der Waals surface area (Å²) in [7, 11) is 1.61. The third kappa shape index (κ3) is 4.75. The van der Waals surface area contributed by atoms with E-state index in [9.17, 15) is 4.79 Å². The molecule has 6 heteroatoms. The summed E-state index contributed by atoms with van der Waals surface area (Å²) in [6.45, 7) is 3.14. The molecule has 26 heavy (non-hydrogen) atoms. The van der Waals surface area contributed by atoms with Gasteiger partial charge in [-0.3, -0.25) is 9.69 Å². The molecule has 5 nitrogen and oxygen atoms in total. The quantitative estimate of drug-likeness (QED) is 0.652. The zero-order valence-electron chi connectivity index (χ0n) is 15.0. The van der Waals surface area contributed by atoms with Crippen molar-refractivity contribution < 1.29 is 13.9 Å². The van der Waals surface area contributed by atoms with Gasteiger partial charge in [0.25, 0.3) is 0 Å². The molecule has 0 spiro atoms. The van der Waals surface area contributed by atoms with Gasteiger partial charge in [0.05, 0.1) is 30.4 Å². The number of nitrogens with one attached hydrogen (secondary N) is 1. The molecule has 2 aromatic rings. The molecular formula is C20H25BrN2O3. The van der Waals surface area contributed by atoms with Crippen molar-refractivity contribution in [2.75, 3.05) is 33.3 Å². The fourth-order valence-corrected chi connectivity index (χ4v) is 3.93. The molecule has 1 N–H and O–H groups in total. The molecular weight excluding hydrogens is 396 g/mol. The Morgan fingerprint density at radius 1 is 1.31 bits per heavy atom. The lowest BCUT2D eigenvalue weighted by Gasteiger charge is -2.33. The van der Waals surface area contributed by atoms with Crippen molar-refractivity contribution in [3.05, 3.63) is 52.4 Å². The number of hydrogen-bond acceptors (Lipinski definition) is 5. The molecule has 1 aromatic heterocycles. The number of piperidine rings is 1. The van der Waals surface area contributed by atoms with E-state index in [2.05, 4.69) is 26.1 Å². The summed E-state index contributed by atoms with van der Waals surface area (Å²) in [6, 6.07) is 9.51. The van der Waals surface area contributed by atoms with Crippen LogP contribution in [0.3, 0.4) is 0 Å². The molecule has 0 bridgehead atoms. The highest BCUT2D eigenvalue weighted by Gasteiger charge is 2.24. The molecule has 3 rings (SSSR count). The molecule has 1 saturated heterocycles. The summed E-state index contributed by atoms with van der Waals surface area (Å²) in [5.74, 6) is 1.74. The number of carbonyl (C=O) groups excluding carboxylic acids is 1. The molecule has 1 fully saturated rings. The highest BCUT2D eigenvalue weighted by molar-refractivity contribution is 9.10. The van der Waals surface area contributed by atoms with Gasteiger partial charge in [-0.05, 0) is 72.2 Å². The van der Waals surface area contributed by atoms with Crippen LogP contribution in [-0.2, 0) is 0 Å². The van der Waals surface area contributed by atoms with Crippen molar-refractivity contribution in [3.8, 4) is 5.75 Å². The van der Waals surface area contributed by atoms with Gasteiger partial charge in [0.1, 0.15) is 11.5 Å². The molecule has 1 aromatic carbocycles. The number of halogens is 1. The number of nitrogens with zero attached hydrogens (tertiary/aromatic N) is 1. The molecule has 0 saturated carbocycles. The highest BCUT2D eigenvalue weighted by atomic mass is 79.9. The molecule has 1 aliphatic rings. The van der Waals surface area contributed by atoms with Gasteiger partial charge in [-0.2, -0.15) is 0 Å². The third-order valence-corrected chi connectivity index (χ3v) is 5.42. The van der Waals surface area contributed by atoms with Crippen molar-refractivity contribution in [2.24, 2.45) is 0 Å². The number of Topliss-reactive ketones (excluding diaryl/α,β-unsaturated/α-hetero) is 1. The molecule has 0 aliphatic carbocycles. The zero-order chi connectivity index (χ0) is 18.4. The second kappa shape index (κ2) is 9.35. The molecule has 1 aliphatic heterocycles. The Hall–Kier alpha value is -1.63. The first-order valence-corrected chi connectivity index (χ1v) is 9.83. The number of rotatable bonds is 8. The summed E-state index contributed by atoms with van der Waals surface area (Å²) in [5, 5.41) is 3.32. The second-order valence-electron chi connectivity index (χ2n) is 6.53. The summed E-state index contributed by atoms with van der Waals surface area (Å²) < 4.78 is 11.6. The first kappa shape index (κ1) is 19.1. The number of ether oxygens (including phenoxy) is 1. The van der Waals surface area contributed by atoms with Crippen LogP contribution in [0.5, 0.6) is 5.75 Å². The maximum Gasteiger partial charge on any atom is 0.176 e. The standard InChI is InChI=1S/C20H25BrN2O3/c1-25-19-8-7-15(12-16(19)21)18(24)14-22-13-17(20-6-5-11-26-20)23-9-3-2-4-10-23/h5-8,11-12,17,22H,2-4,9-10,13-14H2,1H3. The highest BCUT2D eigenvalue weighted by Crippen LogP contribution is 2.26. The number of carbonyl (C=O) groups is 1. The van der Waals surface area contributed by atoms with Crippen molar-refractivity contribution in [2.45, 2.75) is 25.3 Å². The van der Waals surface area contributed by atoms with Crippen LogP contribution in [0, 0.1) is 0 Å². The average Bonchev–Trinajstić information content (AvgIpc) is 3.20. The molecule has 1 atom stereocenters. The van der Waals surface area contributed by atoms with Crippen molar-refractivity contribution >= 4 is 21.7 Å². The Kier molecular flexibility index (Phi) is 6.88. The fourth-order valence-electron chi connectivity index (χ4n) is 3.38. The number of benzene rings is 1. The Labute approximate surface area is 162 Å². The maximum atomic E-state index is 12.5. The lowest BCUT2D eigenvalue weighted by molar-refractivity contribution is 0.0980. The van der Waals surface area contributed by atoms with E-state index in [1.807, 2.05) is 12.1 Å². The Morgan fingerprint density at radius 3 is 2.77 bits per heavy atom. The number of likely N-dealkylation sites (tertiary alicyclic amines) is 1. The Balaban J connectivity index is 1.59. The predicted molar refractivity (Wildman–Crippen MR) is 105 cm³/mol. The van der Waals surface area contributed by atoms with Gasteiger partial charge < -0.3 is 14.5 Å². The Bertz CT molecular complexity index is 712. The summed E-state index contributed by atoms with van der Waals surface area (Å²) in [6.07, 6.45) is 5.44. The molecule has 140 valence electrons. The minimum absolute atomic E-state index is 0.0604. The number of furan rings is 1. The number of hydrogen-bond donors (Lipinski definition) is 1. The van der Waals surface area contributed by atoms with Gasteiger partial charge >= 0.3 is 0 Å². The van der Waals surface area contributed by atoms with Crippen LogP contribution < -0.4 is 10.1 Å². The zero-order valence-corrected chi connectivity index (χ0v) is 16.6. The van der Waals surface area contributed by atoms with E-state index >= 15 is 0 Å². The monoisotopic (exact) mass is 420 g/mol. The summed E-state index contributed by atoms with van der Waals surface area (Å²) in [5.41, 5.74) is 0.665. The van der Waals surface area contributed by atoms with E-state index in [1.54, 1.807) is 31.6 Å². The molecule has 0 radical (unpaired) electrons. The van der Waals surface area contributed by atoms with Crippen LogP contribution >= 0.6 is 15.9 Å². The van der Waals surface area contributed by atoms with E-state index in [-0.39, 0.29) is 11.8 Å². The van der Waals surface area contributed by atoms with Crippen molar-refractivity contribution in [3.63, 3.8) is 0 Å². The van der Waals surface area contributed by atoms with E-state index in [4.69, 9.17) is 9.15 Å². The minimum Gasteiger partial charge on any atom is -0.496 e. The fraction of sp³-hybridized carbons (Fsp3) is 0.450. The van der Waals surface area contributed by atoms with Gasteiger partial charge in [-0.15, -0.1) is 0 Å². The van der Waals surface area contributed by atoms with E-state index in [0.717, 1.165) is 29.1 Å². The number of methoxy groups -OCH3 is 1. The van der Waals surface area contributed by atoms with Crippen molar-refractivity contribution in [1.82, 2.24) is 10.2 Å². The van der Waals surface area contributed by atoms with Crippen LogP contribution in [-0.4, -0.2) is 44.0 Å². The minimum atomic E-state index is 0.0604. The first-order valence-electron chi connectivity index (χ1n) is 9.04. The van der Waals surface area contributed by atoms with Gasteiger partial charge in [-0.25, -0.2) is 0 Å². The van der Waals surface area contributed by atoms with Crippen molar-refractivity contribution in [1.29, 1.82) is 0 Å². The van der Waals surface area contributed by atoms with Crippen LogP contribution in [0.1, 0.15) is 41.4 Å². The van der Waals surface area contributed by atoms with Gasteiger partial charge in [0, 0.05) is 12.1 Å². The largest absolute Gasteiger partial charge is 0.496 e. The van der Waals surface area contributed by atoms with E-state index in [0.29, 0.717) is 18.7 Å². The normalized spacial score (nSPS) is 16.4. The topological polar surface area (TPSA) is 54.7 Å².